The average Bonchev–Trinajstić information content (AvgIpc) is 2.84. The number of hydrogen-bond donors (Lipinski definition) is 1. The minimum Gasteiger partial charge on any atom is -0.352 e. The summed E-state index contributed by atoms with van der Waals surface area (Å²) < 4.78 is 1.82. The number of amides is 2. The van der Waals surface area contributed by atoms with Gasteiger partial charge in [0.25, 0.3) is 11.8 Å². The molecular formula is C23H35N3O3. The van der Waals surface area contributed by atoms with Gasteiger partial charge in [0, 0.05) is 38.1 Å². The van der Waals surface area contributed by atoms with E-state index < -0.39 is 11.3 Å². The van der Waals surface area contributed by atoms with Crippen LogP contribution in [0.4, 0.5) is 0 Å². The molecule has 2 fully saturated rings. The van der Waals surface area contributed by atoms with Crippen molar-refractivity contribution in [3.05, 3.63) is 33.7 Å². The van der Waals surface area contributed by atoms with Gasteiger partial charge in [0.05, 0.1) is 0 Å². The molecule has 6 nitrogen and oxygen atoms in total. The average molecular weight is 402 g/mol. The second-order valence-corrected chi connectivity index (χ2v) is 10.5. The maximum atomic E-state index is 13.5. The number of nitrogens with zero attached hydrogens (tertiary/aromatic N) is 2. The molecule has 0 unspecified atom stereocenters. The van der Waals surface area contributed by atoms with Crippen molar-refractivity contribution in [3.63, 3.8) is 0 Å². The van der Waals surface area contributed by atoms with Crippen LogP contribution in [0.5, 0.6) is 0 Å². The van der Waals surface area contributed by atoms with E-state index in [0.29, 0.717) is 25.6 Å². The number of carbonyl (C=O) groups excluding carboxylic acids is 2. The van der Waals surface area contributed by atoms with Gasteiger partial charge in [-0.2, -0.15) is 0 Å². The number of nitrogens with one attached hydrogen (secondary N) is 1. The van der Waals surface area contributed by atoms with Gasteiger partial charge in [0.15, 0.2) is 0 Å². The fourth-order valence-corrected chi connectivity index (χ4v) is 5.58. The van der Waals surface area contributed by atoms with Crippen LogP contribution in [-0.2, 0) is 6.54 Å². The lowest BCUT2D eigenvalue weighted by Gasteiger charge is -2.39. The van der Waals surface area contributed by atoms with E-state index in [1.54, 1.807) is 12.4 Å². The molecule has 0 aromatic carbocycles. The van der Waals surface area contributed by atoms with E-state index in [0.717, 1.165) is 19.3 Å². The predicted molar refractivity (Wildman–Crippen MR) is 114 cm³/mol. The highest BCUT2D eigenvalue weighted by molar-refractivity contribution is 5.99. The monoisotopic (exact) mass is 401 g/mol. The second kappa shape index (κ2) is 7.62. The first-order chi connectivity index (χ1) is 13.4. The van der Waals surface area contributed by atoms with Crippen LogP contribution >= 0.6 is 0 Å². The molecule has 2 amide bonds. The Morgan fingerprint density at radius 1 is 1.17 bits per heavy atom. The molecule has 2 heterocycles. The third kappa shape index (κ3) is 4.41. The molecule has 1 aromatic rings. The van der Waals surface area contributed by atoms with E-state index >= 15 is 0 Å². The van der Waals surface area contributed by atoms with Crippen molar-refractivity contribution in [2.45, 2.75) is 73.4 Å². The standard InChI is InChI=1S/C23H35N3O3/c1-7-24-20(28)17-11-25(10-15(2)3)12-18(19(17)27)21(29)26-14-23(6)9-16(26)8-22(4,5)13-23/h11-12,15-16H,7-10,13-14H2,1-6H3,(H,24,28)/t16-,23-/m0/s1. The third-order valence-corrected chi connectivity index (χ3v) is 6.14. The number of carbonyl (C=O) groups is 2. The summed E-state index contributed by atoms with van der Waals surface area (Å²) in [5.41, 5.74) is -0.0221. The van der Waals surface area contributed by atoms with Crippen LogP contribution in [0.1, 0.15) is 81.5 Å². The number of likely N-dealkylation sites (tertiary alicyclic amines) is 1. The maximum absolute atomic E-state index is 13.5. The van der Waals surface area contributed by atoms with Crippen molar-refractivity contribution < 1.29 is 9.59 Å². The Morgan fingerprint density at radius 3 is 2.45 bits per heavy atom. The first kappa shape index (κ1) is 21.6. The molecule has 2 bridgehead atoms. The quantitative estimate of drug-likeness (QED) is 0.823. The fraction of sp³-hybridized carbons (Fsp3) is 0.696. The minimum absolute atomic E-state index is 0.0482. The maximum Gasteiger partial charge on any atom is 0.259 e. The van der Waals surface area contributed by atoms with E-state index in [1.807, 2.05) is 16.4 Å². The van der Waals surface area contributed by atoms with Gasteiger partial charge in [-0.15, -0.1) is 0 Å². The normalized spacial score (nSPS) is 25.3. The lowest BCUT2D eigenvalue weighted by atomic mass is 9.65. The summed E-state index contributed by atoms with van der Waals surface area (Å²) in [5.74, 6) is -0.323. The van der Waals surface area contributed by atoms with Crippen LogP contribution in [-0.4, -0.2) is 40.4 Å². The topological polar surface area (TPSA) is 71.4 Å². The van der Waals surface area contributed by atoms with Crippen molar-refractivity contribution in [2.75, 3.05) is 13.1 Å². The highest BCUT2D eigenvalue weighted by Crippen LogP contribution is 2.52. The molecule has 1 aromatic heterocycles. The summed E-state index contributed by atoms with van der Waals surface area (Å²) in [5, 5.41) is 2.70. The van der Waals surface area contributed by atoms with Gasteiger partial charge < -0.3 is 14.8 Å². The van der Waals surface area contributed by atoms with Crippen LogP contribution in [0, 0.1) is 16.7 Å². The lowest BCUT2D eigenvalue weighted by molar-refractivity contribution is 0.0706. The molecule has 2 aliphatic rings. The van der Waals surface area contributed by atoms with Crippen molar-refractivity contribution in [1.82, 2.24) is 14.8 Å². The van der Waals surface area contributed by atoms with Crippen LogP contribution in [0.2, 0.25) is 0 Å². The van der Waals surface area contributed by atoms with Gasteiger partial charge in [-0.3, -0.25) is 14.4 Å². The second-order valence-electron chi connectivity index (χ2n) is 10.5. The largest absolute Gasteiger partial charge is 0.352 e. The molecule has 160 valence electrons. The van der Waals surface area contributed by atoms with E-state index in [9.17, 15) is 14.4 Å². The van der Waals surface area contributed by atoms with Crippen LogP contribution < -0.4 is 10.7 Å². The third-order valence-electron chi connectivity index (χ3n) is 6.14. The summed E-state index contributed by atoms with van der Waals surface area (Å²) in [7, 11) is 0. The van der Waals surface area contributed by atoms with Crippen LogP contribution in [0.25, 0.3) is 0 Å². The molecule has 1 aliphatic heterocycles. The van der Waals surface area contributed by atoms with Crippen LogP contribution in [0.3, 0.4) is 0 Å². The molecule has 1 saturated carbocycles. The highest BCUT2D eigenvalue weighted by atomic mass is 16.2. The van der Waals surface area contributed by atoms with Gasteiger partial charge in [-0.05, 0) is 42.9 Å². The molecule has 6 heteroatoms. The number of hydrogen-bond acceptors (Lipinski definition) is 3. The Morgan fingerprint density at radius 2 is 1.83 bits per heavy atom. The van der Waals surface area contributed by atoms with Crippen molar-refractivity contribution in [3.8, 4) is 0 Å². The zero-order chi connectivity index (χ0) is 21.6. The van der Waals surface area contributed by atoms with Crippen molar-refractivity contribution >= 4 is 11.8 Å². The minimum atomic E-state index is -0.466. The lowest BCUT2D eigenvalue weighted by Crippen LogP contribution is -2.41. The van der Waals surface area contributed by atoms with E-state index in [1.165, 1.54) is 0 Å². The molecule has 0 radical (unpaired) electrons. The number of aromatic nitrogens is 1. The van der Waals surface area contributed by atoms with Gasteiger partial charge in [0.1, 0.15) is 11.1 Å². The zero-order valence-electron chi connectivity index (χ0n) is 18.7. The summed E-state index contributed by atoms with van der Waals surface area (Å²) in [6.45, 7) is 14.5. The summed E-state index contributed by atoms with van der Waals surface area (Å²) in [6.07, 6.45) is 6.24. The Hall–Kier alpha value is -2.11. The summed E-state index contributed by atoms with van der Waals surface area (Å²) in [4.78, 5) is 41.0. The fourth-order valence-electron chi connectivity index (χ4n) is 5.58. The molecule has 1 N–H and O–H groups in total. The van der Waals surface area contributed by atoms with Gasteiger partial charge in [0.2, 0.25) is 5.43 Å². The van der Waals surface area contributed by atoms with E-state index in [2.05, 4.69) is 39.9 Å². The Bertz CT molecular complexity index is 871. The first-order valence-electron chi connectivity index (χ1n) is 10.8. The zero-order valence-corrected chi connectivity index (χ0v) is 18.7. The van der Waals surface area contributed by atoms with Gasteiger partial charge in [-0.25, -0.2) is 0 Å². The first-order valence-corrected chi connectivity index (χ1v) is 10.8. The Kier molecular flexibility index (Phi) is 5.67. The van der Waals surface area contributed by atoms with E-state index in [4.69, 9.17) is 0 Å². The van der Waals surface area contributed by atoms with Crippen molar-refractivity contribution in [1.29, 1.82) is 0 Å². The Labute approximate surface area is 173 Å². The molecule has 1 saturated heterocycles. The highest BCUT2D eigenvalue weighted by Gasteiger charge is 2.51. The molecule has 2 atom stereocenters. The molecule has 1 aliphatic carbocycles. The van der Waals surface area contributed by atoms with Gasteiger partial charge >= 0.3 is 0 Å². The number of fused-ring (bicyclic) bond motifs is 2. The predicted octanol–water partition coefficient (Wildman–Crippen LogP) is 3.29. The molecular weight excluding hydrogens is 366 g/mol. The van der Waals surface area contributed by atoms with Gasteiger partial charge in [-0.1, -0.05) is 34.6 Å². The smallest absolute Gasteiger partial charge is 0.259 e. The Balaban J connectivity index is 2.01. The molecule has 29 heavy (non-hydrogen) atoms. The number of rotatable bonds is 5. The summed E-state index contributed by atoms with van der Waals surface area (Å²) in [6, 6.07) is 0.155. The molecule has 3 rings (SSSR count). The summed E-state index contributed by atoms with van der Waals surface area (Å²) >= 11 is 0. The SMILES string of the molecule is CCNC(=O)c1cn(CC(C)C)cc(C(=O)N2C[C@@]3(C)C[C@@H]2CC(C)(C)C3)c1=O. The number of pyridine rings is 1. The van der Waals surface area contributed by atoms with E-state index in [-0.39, 0.29) is 33.9 Å². The molecule has 0 spiro atoms. The van der Waals surface area contributed by atoms with Crippen molar-refractivity contribution in [2.24, 2.45) is 16.7 Å². The van der Waals surface area contributed by atoms with Crippen LogP contribution in [0.15, 0.2) is 17.2 Å².